The maximum Gasteiger partial charge on any atom is 0.258 e. The number of alkyl halides is 2. The van der Waals surface area contributed by atoms with E-state index in [9.17, 15) is 22.0 Å². The summed E-state index contributed by atoms with van der Waals surface area (Å²) in [5.41, 5.74) is 3.87. The van der Waals surface area contributed by atoms with E-state index >= 15 is 0 Å². The van der Waals surface area contributed by atoms with Crippen molar-refractivity contribution in [3.8, 4) is 0 Å². The molecule has 0 unspecified atom stereocenters. The molecule has 2 aliphatic heterocycles. The average molecular weight is 544 g/mol. The highest BCUT2D eigenvalue weighted by Gasteiger charge is 2.53. The number of amides is 1. The zero-order valence-electron chi connectivity index (χ0n) is 21.8. The first-order chi connectivity index (χ1) is 18.1. The Morgan fingerprint density at radius 3 is 2.29 bits per heavy atom. The fraction of sp³-hybridized carbons (Fsp3) is 0.552. The van der Waals surface area contributed by atoms with Gasteiger partial charge in [-0.25, -0.2) is 17.2 Å². The number of sulfonamides is 1. The van der Waals surface area contributed by atoms with E-state index in [0.29, 0.717) is 17.5 Å². The predicted octanol–water partition coefficient (Wildman–Crippen LogP) is 5.79. The fourth-order valence-corrected chi connectivity index (χ4v) is 8.16. The van der Waals surface area contributed by atoms with Crippen LogP contribution in [0.15, 0.2) is 47.4 Å². The van der Waals surface area contributed by atoms with Gasteiger partial charge in [0, 0.05) is 61.4 Å². The maximum absolute atomic E-state index is 13.9. The standard InChI is InChI=1S/C29H35F2N3O3S/c1-2-32-22-6-7-25-24(19-22)28(12-10-27(8-9-27)11-13-28)20-34(25)26(35)21-4-3-5-23(18-21)38(36,37)33-16-14-29(30,31)15-17-33/h3-7,18-19,32H,2,8-17,20H2,1H3. The second-order valence-electron chi connectivity index (χ2n) is 11.7. The first kappa shape index (κ1) is 25.7. The minimum Gasteiger partial charge on any atom is -0.385 e. The van der Waals surface area contributed by atoms with Crippen LogP contribution in [0, 0.1) is 5.41 Å². The smallest absolute Gasteiger partial charge is 0.258 e. The summed E-state index contributed by atoms with van der Waals surface area (Å²) in [7, 11) is -3.98. The highest BCUT2D eigenvalue weighted by molar-refractivity contribution is 7.89. The van der Waals surface area contributed by atoms with Gasteiger partial charge in [0.2, 0.25) is 10.0 Å². The number of piperidine rings is 1. The summed E-state index contributed by atoms with van der Waals surface area (Å²) in [6.07, 6.45) is 6.10. The van der Waals surface area contributed by atoms with Gasteiger partial charge in [-0.3, -0.25) is 4.79 Å². The molecule has 1 saturated heterocycles. The van der Waals surface area contributed by atoms with Gasteiger partial charge in [0.25, 0.3) is 11.8 Å². The van der Waals surface area contributed by atoms with Crippen molar-refractivity contribution >= 4 is 27.3 Å². The molecule has 204 valence electrons. The lowest BCUT2D eigenvalue weighted by molar-refractivity contribution is -0.0412. The third-order valence-corrected chi connectivity index (χ3v) is 11.2. The Hall–Kier alpha value is -2.52. The van der Waals surface area contributed by atoms with Crippen LogP contribution in [0.5, 0.6) is 0 Å². The summed E-state index contributed by atoms with van der Waals surface area (Å²) in [4.78, 5) is 15.7. The minimum absolute atomic E-state index is 0.0291. The summed E-state index contributed by atoms with van der Waals surface area (Å²) >= 11 is 0. The lowest BCUT2D eigenvalue weighted by atomic mass is 9.66. The number of nitrogens with zero attached hydrogens (tertiary/aromatic N) is 2. The molecule has 2 saturated carbocycles. The lowest BCUT2D eigenvalue weighted by Crippen LogP contribution is -2.42. The van der Waals surface area contributed by atoms with Crippen molar-refractivity contribution < 1.29 is 22.0 Å². The zero-order valence-corrected chi connectivity index (χ0v) is 22.6. The van der Waals surface area contributed by atoms with Gasteiger partial charge in [0.15, 0.2) is 0 Å². The molecule has 9 heteroatoms. The number of carbonyl (C=O) groups is 1. The van der Waals surface area contributed by atoms with Crippen molar-refractivity contribution in [2.24, 2.45) is 5.41 Å². The molecular formula is C29H35F2N3O3S. The van der Waals surface area contributed by atoms with E-state index < -0.39 is 28.8 Å². The average Bonchev–Trinajstić information content (AvgIpc) is 3.60. The van der Waals surface area contributed by atoms with Crippen molar-refractivity contribution in [1.29, 1.82) is 0 Å². The molecule has 2 spiro atoms. The van der Waals surface area contributed by atoms with Gasteiger partial charge >= 0.3 is 0 Å². The largest absolute Gasteiger partial charge is 0.385 e. The third-order valence-electron chi connectivity index (χ3n) is 9.34. The molecule has 2 aromatic carbocycles. The van der Waals surface area contributed by atoms with Crippen molar-refractivity contribution in [3.05, 3.63) is 53.6 Å². The highest BCUT2D eigenvalue weighted by Crippen LogP contribution is 2.62. The van der Waals surface area contributed by atoms with Crippen LogP contribution in [0.25, 0.3) is 0 Å². The SMILES string of the molecule is CCNc1ccc2c(c1)C1(CCC3(CC3)CC1)CN2C(=O)c1cccc(S(=O)(=O)N2CCC(F)(F)CC2)c1. The van der Waals surface area contributed by atoms with Crippen LogP contribution in [-0.2, 0) is 15.4 Å². The van der Waals surface area contributed by atoms with Crippen molar-refractivity contribution in [2.45, 2.75) is 74.5 Å². The summed E-state index contributed by atoms with van der Waals surface area (Å²) in [6.45, 7) is 3.00. The number of hydrogen-bond acceptors (Lipinski definition) is 4. The van der Waals surface area contributed by atoms with Crippen LogP contribution in [0.3, 0.4) is 0 Å². The van der Waals surface area contributed by atoms with Gasteiger partial charge in [-0.15, -0.1) is 0 Å². The number of fused-ring (bicyclic) bond motifs is 2. The number of hydrogen-bond donors (Lipinski definition) is 1. The molecule has 6 nitrogen and oxygen atoms in total. The number of nitrogens with one attached hydrogen (secondary N) is 1. The zero-order chi connectivity index (χ0) is 26.8. The normalized spacial score (nSPS) is 23.4. The predicted molar refractivity (Wildman–Crippen MR) is 143 cm³/mol. The van der Waals surface area contributed by atoms with E-state index in [1.807, 2.05) is 17.0 Å². The van der Waals surface area contributed by atoms with Crippen molar-refractivity contribution in [2.75, 3.05) is 36.4 Å². The molecule has 38 heavy (non-hydrogen) atoms. The van der Waals surface area contributed by atoms with E-state index in [1.165, 1.54) is 43.4 Å². The number of benzene rings is 2. The summed E-state index contributed by atoms with van der Waals surface area (Å²) in [6, 6.07) is 12.3. The van der Waals surface area contributed by atoms with Crippen LogP contribution >= 0.6 is 0 Å². The van der Waals surface area contributed by atoms with E-state index in [1.54, 1.807) is 12.1 Å². The van der Waals surface area contributed by atoms with Crippen molar-refractivity contribution in [1.82, 2.24) is 4.31 Å². The van der Waals surface area contributed by atoms with E-state index in [4.69, 9.17) is 0 Å². The van der Waals surface area contributed by atoms with Gasteiger partial charge in [-0.05, 0) is 92.8 Å². The third kappa shape index (κ3) is 4.41. The highest BCUT2D eigenvalue weighted by atomic mass is 32.2. The summed E-state index contributed by atoms with van der Waals surface area (Å²) < 4.78 is 54.8. The number of carbonyl (C=O) groups excluding carboxylic acids is 1. The maximum atomic E-state index is 13.9. The monoisotopic (exact) mass is 543 g/mol. The Morgan fingerprint density at radius 2 is 1.63 bits per heavy atom. The Bertz CT molecular complexity index is 1350. The van der Waals surface area contributed by atoms with Gasteiger partial charge < -0.3 is 10.2 Å². The Morgan fingerprint density at radius 1 is 0.947 bits per heavy atom. The first-order valence-electron chi connectivity index (χ1n) is 13.8. The molecule has 4 aliphatic rings. The van der Waals surface area contributed by atoms with Crippen LogP contribution < -0.4 is 10.2 Å². The topological polar surface area (TPSA) is 69.7 Å². The second kappa shape index (κ2) is 9.01. The second-order valence-corrected chi connectivity index (χ2v) is 13.7. The molecule has 1 N–H and O–H groups in total. The van der Waals surface area contributed by atoms with Crippen molar-refractivity contribution in [3.63, 3.8) is 0 Å². The minimum atomic E-state index is -3.98. The molecule has 6 rings (SSSR count). The molecular weight excluding hydrogens is 508 g/mol. The van der Waals surface area contributed by atoms with Crippen LogP contribution in [0.1, 0.15) is 74.2 Å². The molecule has 2 heterocycles. The van der Waals surface area contributed by atoms with Gasteiger partial charge in [-0.2, -0.15) is 4.31 Å². The molecule has 0 aromatic heterocycles. The Labute approximate surface area is 223 Å². The van der Waals surface area contributed by atoms with Crippen LogP contribution in [-0.4, -0.2) is 50.7 Å². The molecule has 2 aliphatic carbocycles. The van der Waals surface area contributed by atoms with E-state index in [0.717, 1.165) is 35.1 Å². The molecule has 0 atom stereocenters. The molecule has 0 bridgehead atoms. The number of halogens is 2. The van der Waals surface area contributed by atoms with Crippen LogP contribution in [0.4, 0.5) is 20.2 Å². The van der Waals surface area contributed by atoms with E-state index in [-0.39, 0.29) is 29.3 Å². The van der Waals surface area contributed by atoms with E-state index in [2.05, 4.69) is 18.3 Å². The summed E-state index contributed by atoms with van der Waals surface area (Å²) in [5, 5.41) is 3.40. The quantitative estimate of drug-likeness (QED) is 0.518. The summed E-state index contributed by atoms with van der Waals surface area (Å²) in [5.74, 6) is -3.07. The Balaban J connectivity index is 1.30. The lowest BCUT2D eigenvalue weighted by Gasteiger charge is -2.38. The molecule has 2 aromatic rings. The fourth-order valence-electron chi connectivity index (χ4n) is 6.68. The Kier molecular flexibility index (Phi) is 6.11. The number of rotatable bonds is 5. The van der Waals surface area contributed by atoms with Gasteiger partial charge in [0.1, 0.15) is 0 Å². The van der Waals surface area contributed by atoms with Gasteiger partial charge in [0.05, 0.1) is 4.90 Å². The number of anilines is 2. The molecule has 0 radical (unpaired) electrons. The van der Waals surface area contributed by atoms with Gasteiger partial charge in [-0.1, -0.05) is 6.07 Å². The molecule has 3 fully saturated rings. The first-order valence-corrected chi connectivity index (χ1v) is 15.2. The molecule has 1 amide bonds. The van der Waals surface area contributed by atoms with Crippen LogP contribution in [0.2, 0.25) is 0 Å².